The summed E-state index contributed by atoms with van der Waals surface area (Å²) in [5.74, 6) is 0.0671. The number of anilines is 1. The van der Waals surface area contributed by atoms with Crippen LogP contribution >= 0.6 is 0 Å². The van der Waals surface area contributed by atoms with Gasteiger partial charge >= 0.3 is 0 Å². The number of nitrogens with zero attached hydrogens (tertiary/aromatic N) is 2. The average molecular weight is 263 g/mol. The minimum Gasteiger partial charge on any atom is -0.247 e. The Balaban J connectivity index is 2.37. The van der Waals surface area contributed by atoms with Gasteiger partial charge in [-0.25, -0.2) is 23.1 Å². The molecule has 18 heavy (non-hydrogen) atoms. The number of rotatable bonds is 3. The summed E-state index contributed by atoms with van der Waals surface area (Å²) in [5.41, 5.74) is 1.71. The summed E-state index contributed by atoms with van der Waals surface area (Å²) in [6, 6.07) is 6.78. The number of benzene rings is 1. The number of nitrogens with one attached hydrogen (secondary N) is 1. The Bertz CT molecular complexity index is 654. The lowest BCUT2D eigenvalue weighted by Gasteiger charge is -2.09. The molecule has 94 valence electrons. The fourth-order valence-electron chi connectivity index (χ4n) is 1.63. The molecule has 6 heteroatoms. The van der Waals surface area contributed by atoms with E-state index in [0.717, 1.165) is 5.56 Å². The Morgan fingerprint density at radius 2 is 1.78 bits per heavy atom. The van der Waals surface area contributed by atoms with Crippen LogP contribution in [0.5, 0.6) is 0 Å². The van der Waals surface area contributed by atoms with Crippen LogP contribution in [-0.4, -0.2) is 18.4 Å². The Labute approximate surface area is 106 Å². The van der Waals surface area contributed by atoms with Gasteiger partial charge in [0.25, 0.3) is 10.0 Å². The summed E-state index contributed by atoms with van der Waals surface area (Å²) in [6.45, 7) is 3.67. The highest BCUT2D eigenvalue weighted by Crippen LogP contribution is 2.18. The van der Waals surface area contributed by atoms with Crippen molar-refractivity contribution in [3.05, 3.63) is 47.8 Å². The predicted octanol–water partition coefficient (Wildman–Crippen LogP) is 1.89. The topological polar surface area (TPSA) is 72.0 Å². The normalized spacial score (nSPS) is 11.2. The van der Waals surface area contributed by atoms with Gasteiger partial charge in [0.15, 0.2) is 0 Å². The van der Waals surface area contributed by atoms with E-state index in [-0.39, 0.29) is 10.8 Å². The highest BCUT2D eigenvalue weighted by atomic mass is 32.2. The van der Waals surface area contributed by atoms with Crippen molar-refractivity contribution in [3.63, 3.8) is 0 Å². The molecule has 0 aliphatic carbocycles. The van der Waals surface area contributed by atoms with Gasteiger partial charge in [0, 0.05) is 12.4 Å². The van der Waals surface area contributed by atoms with Gasteiger partial charge in [0.2, 0.25) is 5.95 Å². The van der Waals surface area contributed by atoms with Crippen LogP contribution in [0, 0.1) is 13.8 Å². The molecule has 2 aromatic rings. The maximum absolute atomic E-state index is 12.1. The lowest BCUT2D eigenvalue weighted by molar-refractivity contribution is 0.600. The highest BCUT2D eigenvalue weighted by Gasteiger charge is 2.17. The van der Waals surface area contributed by atoms with Crippen LogP contribution in [0.25, 0.3) is 0 Å². The molecule has 0 aliphatic rings. The first-order valence-corrected chi connectivity index (χ1v) is 6.84. The van der Waals surface area contributed by atoms with E-state index in [4.69, 9.17) is 0 Å². The molecule has 0 aliphatic heterocycles. The molecule has 1 N–H and O–H groups in total. The van der Waals surface area contributed by atoms with E-state index >= 15 is 0 Å². The third-order valence-electron chi connectivity index (χ3n) is 2.41. The molecule has 1 aromatic heterocycles. The molecule has 0 amide bonds. The SMILES string of the molecule is Cc1ccc(S(=O)(=O)Nc2ncccn2)c(C)c1. The van der Waals surface area contributed by atoms with E-state index in [1.165, 1.54) is 12.4 Å². The molecule has 0 unspecified atom stereocenters. The van der Waals surface area contributed by atoms with E-state index in [9.17, 15) is 8.42 Å². The second-order valence-corrected chi connectivity index (χ2v) is 5.60. The maximum atomic E-state index is 12.1. The zero-order valence-corrected chi connectivity index (χ0v) is 10.9. The first kappa shape index (κ1) is 12.5. The van der Waals surface area contributed by atoms with Crippen molar-refractivity contribution in [3.8, 4) is 0 Å². The predicted molar refractivity (Wildman–Crippen MR) is 68.8 cm³/mol. The maximum Gasteiger partial charge on any atom is 0.264 e. The van der Waals surface area contributed by atoms with E-state index in [1.807, 2.05) is 13.0 Å². The molecule has 0 fully saturated rings. The monoisotopic (exact) mass is 263 g/mol. The molecule has 2 rings (SSSR count). The van der Waals surface area contributed by atoms with Gasteiger partial charge < -0.3 is 0 Å². The third-order valence-corrected chi connectivity index (χ3v) is 3.90. The van der Waals surface area contributed by atoms with Crippen molar-refractivity contribution in [2.45, 2.75) is 18.7 Å². The summed E-state index contributed by atoms with van der Waals surface area (Å²) in [4.78, 5) is 7.91. The van der Waals surface area contributed by atoms with Gasteiger partial charge in [-0.2, -0.15) is 0 Å². The Morgan fingerprint density at radius 1 is 1.11 bits per heavy atom. The van der Waals surface area contributed by atoms with Gasteiger partial charge in [-0.3, -0.25) is 0 Å². The van der Waals surface area contributed by atoms with E-state index < -0.39 is 10.0 Å². The van der Waals surface area contributed by atoms with Gasteiger partial charge in [0.05, 0.1) is 4.90 Å². The van der Waals surface area contributed by atoms with E-state index in [0.29, 0.717) is 5.56 Å². The van der Waals surface area contributed by atoms with Crippen LogP contribution in [-0.2, 0) is 10.0 Å². The second-order valence-electron chi connectivity index (χ2n) is 3.95. The van der Waals surface area contributed by atoms with Crippen molar-refractivity contribution in [2.75, 3.05) is 4.72 Å². The number of aryl methyl sites for hydroxylation is 2. The van der Waals surface area contributed by atoms with Crippen LogP contribution in [0.15, 0.2) is 41.6 Å². The van der Waals surface area contributed by atoms with Crippen molar-refractivity contribution in [1.82, 2.24) is 9.97 Å². The Hall–Kier alpha value is -1.95. The van der Waals surface area contributed by atoms with Crippen molar-refractivity contribution < 1.29 is 8.42 Å². The van der Waals surface area contributed by atoms with Gasteiger partial charge in [0.1, 0.15) is 0 Å². The van der Waals surface area contributed by atoms with Crippen LogP contribution in [0.2, 0.25) is 0 Å². The molecule has 0 saturated heterocycles. The van der Waals surface area contributed by atoms with Crippen LogP contribution in [0.1, 0.15) is 11.1 Å². The van der Waals surface area contributed by atoms with Crippen molar-refractivity contribution >= 4 is 16.0 Å². The second kappa shape index (κ2) is 4.73. The highest BCUT2D eigenvalue weighted by molar-refractivity contribution is 7.92. The molecule has 1 aromatic carbocycles. The molecular formula is C12H13N3O2S. The van der Waals surface area contributed by atoms with Crippen molar-refractivity contribution in [1.29, 1.82) is 0 Å². The fraction of sp³-hybridized carbons (Fsp3) is 0.167. The number of sulfonamides is 1. The largest absolute Gasteiger partial charge is 0.264 e. The van der Waals surface area contributed by atoms with Crippen LogP contribution < -0.4 is 4.72 Å². The zero-order chi connectivity index (χ0) is 13.2. The summed E-state index contributed by atoms with van der Waals surface area (Å²) < 4.78 is 26.6. The smallest absolute Gasteiger partial charge is 0.247 e. The first-order valence-electron chi connectivity index (χ1n) is 5.36. The fourth-order valence-corrected chi connectivity index (χ4v) is 2.81. The number of aromatic nitrogens is 2. The summed E-state index contributed by atoms with van der Waals surface area (Å²) in [5, 5.41) is 0. The van der Waals surface area contributed by atoms with Crippen LogP contribution in [0.4, 0.5) is 5.95 Å². The van der Waals surface area contributed by atoms with E-state index in [1.54, 1.807) is 25.1 Å². The number of hydrogen-bond acceptors (Lipinski definition) is 4. The molecule has 0 atom stereocenters. The molecule has 0 spiro atoms. The van der Waals surface area contributed by atoms with Gasteiger partial charge in [-0.15, -0.1) is 0 Å². The lowest BCUT2D eigenvalue weighted by Crippen LogP contribution is -2.16. The zero-order valence-electron chi connectivity index (χ0n) is 10.1. The van der Waals surface area contributed by atoms with Gasteiger partial charge in [-0.05, 0) is 31.5 Å². The van der Waals surface area contributed by atoms with Gasteiger partial charge in [-0.1, -0.05) is 17.7 Å². The van der Waals surface area contributed by atoms with Crippen LogP contribution in [0.3, 0.4) is 0 Å². The lowest BCUT2D eigenvalue weighted by atomic mass is 10.2. The molecule has 0 bridgehead atoms. The molecular weight excluding hydrogens is 250 g/mol. The summed E-state index contributed by atoms with van der Waals surface area (Å²) in [6.07, 6.45) is 2.96. The minimum absolute atomic E-state index is 0.0671. The van der Waals surface area contributed by atoms with E-state index in [2.05, 4.69) is 14.7 Å². The Morgan fingerprint density at radius 3 is 2.39 bits per heavy atom. The minimum atomic E-state index is -3.64. The summed E-state index contributed by atoms with van der Waals surface area (Å²) in [7, 11) is -3.64. The Kier molecular flexibility index (Phi) is 3.29. The first-order chi connectivity index (χ1) is 8.49. The molecule has 0 saturated carbocycles. The quantitative estimate of drug-likeness (QED) is 0.918. The standard InChI is InChI=1S/C12H13N3O2S/c1-9-4-5-11(10(2)8-9)18(16,17)15-12-13-6-3-7-14-12/h3-8H,1-2H3,(H,13,14,15). The number of hydrogen-bond donors (Lipinski definition) is 1. The van der Waals surface area contributed by atoms with Crippen molar-refractivity contribution in [2.24, 2.45) is 0 Å². The molecule has 0 radical (unpaired) electrons. The molecule has 1 heterocycles. The average Bonchev–Trinajstić information content (AvgIpc) is 2.29. The summed E-state index contributed by atoms with van der Waals surface area (Å²) >= 11 is 0. The molecule has 5 nitrogen and oxygen atoms in total. The third kappa shape index (κ3) is 2.65.